The van der Waals surface area contributed by atoms with Crippen LogP contribution in [0.2, 0.25) is 0 Å². The lowest BCUT2D eigenvalue weighted by molar-refractivity contribution is 0.378. The first-order valence-corrected chi connectivity index (χ1v) is 7.79. The maximum atomic E-state index is 5.46. The third-order valence-corrected chi connectivity index (χ3v) is 5.23. The maximum absolute atomic E-state index is 5.46. The minimum atomic E-state index is 0.641. The first kappa shape index (κ1) is 11.8. The summed E-state index contributed by atoms with van der Waals surface area (Å²) in [5.74, 6) is 1.90. The Morgan fingerprint density at radius 3 is 2.35 bits per heavy atom. The molecule has 3 saturated carbocycles. The highest BCUT2D eigenvalue weighted by Crippen LogP contribution is 2.44. The summed E-state index contributed by atoms with van der Waals surface area (Å²) in [5, 5.41) is 8.03. The van der Waals surface area contributed by atoms with E-state index in [2.05, 4.69) is 10.6 Å². The molecule has 96 valence electrons. The molecule has 17 heavy (non-hydrogen) atoms. The standard InChI is InChI=1S/C14H24N2S/c17-14(15-12-4-2-1-3-5-12)16-13-9-10-6-7-11(13)8-10/h10-13H,1-9H2,(H2,15,16,17)/t10-,11+,13-/m0/s1. The highest BCUT2D eigenvalue weighted by Gasteiger charge is 2.39. The molecule has 0 aromatic carbocycles. The predicted octanol–water partition coefficient (Wildman–Crippen LogP) is 2.97. The van der Waals surface area contributed by atoms with Crippen molar-refractivity contribution in [2.45, 2.75) is 69.9 Å². The van der Waals surface area contributed by atoms with E-state index in [1.807, 2.05) is 0 Å². The van der Waals surface area contributed by atoms with Gasteiger partial charge in [-0.3, -0.25) is 0 Å². The van der Waals surface area contributed by atoms with Crippen LogP contribution < -0.4 is 10.6 Å². The monoisotopic (exact) mass is 252 g/mol. The molecular weight excluding hydrogens is 228 g/mol. The van der Waals surface area contributed by atoms with Crippen molar-refractivity contribution >= 4 is 17.3 Å². The zero-order chi connectivity index (χ0) is 11.7. The zero-order valence-corrected chi connectivity index (χ0v) is 11.4. The number of nitrogens with one attached hydrogen (secondary N) is 2. The quantitative estimate of drug-likeness (QED) is 0.739. The molecule has 2 N–H and O–H groups in total. The fourth-order valence-corrected chi connectivity index (χ4v) is 4.38. The topological polar surface area (TPSA) is 24.1 Å². The Morgan fingerprint density at radius 2 is 1.71 bits per heavy atom. The van der Waals surface area contributed by atoms with Crippen LogP contribution in [-0.4, -0.2) is 17.2 Å². The average molecular weight is 252 g/mol. The smallest absolute Gasteiger partial charge is 0.166 e. The lowest BCUT2D eigenvalue weighted by atomic mass is 9.95. The van der Waals surface area contributed by atoms with Crippen LogP contribution in [0.25, 0.3) is 0 Å². The summed E-state index contributed by atoms with van der Waals surface area (Å²) in [6.07, 6.45) is 12.4. The van der Waals surface area contributed by atoms with Gasteiger partial charge in [0.25, 0.3) is 0 Å². The van der Waals surface area contributed by atoms with Gasteiger partial charge in [0.15, 0.2) is 5.11 Å². The van der Waals surface area contributed by atoms with E-state index in [0.717, 1.165) is 16.9 Å². The van der Waals surface area contributed by atoms with Crippen molar-refractivity contribution in [3.63, 3.8) is 0 Å². The molecule has 0 aromatic rings. The summed E-state index contributed by atoms with van der Waals surface area (Å²) in [5.41, 5.74) is 0. The van der Waals surface area contributed by atoms with Gasteiger partial charge in [0, 0.05) is 12.1 Å². The molecule has 3 heteroatoms. The minimum Gasteiger partial charge on any atom is -0.360 e. The van der Waals surface area contributed by atoms with Crippen molar-refractivity contribution in [3.8, 4) is 0 Å². The van der Waals surface area contributed by atoms with Crippen molar-refractivity contribution in [3.05, 3.63) is 0 Å². The summed E-state index contributed by atoms with van der Waals surface area (Å²) in [7, 11) is 0. The van der Waals surface area contributed by atoms with E-state index in [1.165, 1.54) is 57.8 Å². The predicted molar refractivity (Wildman–Crippen MR) is 75.0 cm³/mol. The van der Waals surface area contributed by atoms with Crippen LogP contribution in [0.5, 0.6) is 0 Å². The molecule has 3 rings (SSSR count). The SMILES string of the molecule is S=C(NC1CCCCC1)N[C@H]1C[C@H]2CC[C@@H]1C2. The van der Waals surface area contributed by atoms with Crippen molar-refractivity contribution in [1.29, 1.82) is 0 Å². The van der Waals surface area contributed by atoms with Gasteiger partial charge in [-0.2, -0.15) is 0 Å². The van der Waals surface area contributed by atoms with Gasteiger partial charge in [-0.25, -0.2) is 0 Å². The second-order valence-corrected chi connectivity index (χ2v) is 6.64. The fraction of sp³-hybridized carbons (Fsp3) is 0.929. The van der Waals surface area contributed by atoms with Crippen LogP contribution >= 0.6 is 12.2 Å². The van der Waals surface area contributed by atoms with Crippen molar-refractivity contribution in [2.24, 2.45) is 11.8 Å². The molecule has 3 atom stereocenters. The third-order valence-electron chi connectivity index (χ3n) is 4.99. The first-order chi connectivity index (χ1) is 8.31. The molecule has 0 aromatic heterocycles. The van der Waals surface area contributed by atoms with E-state index in [0.29, 0.717) is 12.1 Å². The summed E-state index contributed by atoms with van der Waals surface area (Å²) in [6, 6.07) is 1.32. The van der Waals surface area contributed by atoms with E-state index >= 15 is 0 Å². The molecule has 2 nitrogen and oxygen atoms in total. The minimum absolute atomic E-state index is 0.641. The molecule has 0 amide bonds. The number of fused-ring (bicyclic) bond motifs is 2. The van der Waals surface area contributed by atoms with Gasteiger partial charge in [0.2, 0.25) is 0 Å². The Labute approximate surface area is 110 Å². The second kappa shape index (κ2) is 5.13. The largest absolute Gasteiger partial charge is 0.360 e. The lowest BCUT2D eigenvalue weighted by Crippen LogP contribution is -2.48. The van der Waals surface area contributed by atoms with Gasteiger partial charge >= 0.3 is 0 Å². The molecule has 3 fully saturated rings. The van der Waals surface area contributed by atoms with Crippen LogP contribution in [0.1, 0.15) is 57.8 Å². The van der Waals surface area contributed by atoms with Crippen molar-refractivity contribution < 1.29 is 0 Å². The van der Waals surface area contributed by atoms with Gasteiger partial charge in [-0.15, -0.1) is 0 Å². The van der Waals surface area contributed by atoms with E-state index in [-0.39, 0.29) is 0 Å². The van der Waals surface area contributed by atoms with E-state index < -0.39 is 0 Å². The van der Waals surface area contributed by atoms with Crippen molar-refractivity contribution in [2.75, 3.05) is 0 Å². The van der Waals surface area contributed by atoms with Crippen LogP contribution in [-0.2, 0) is 0 Å². The Balaban J connectivity index is 1.44. The van der Waals surface area contributed by atoms with Gasteiger partial charge < -0.3 is 10.6 Å². The Kier molecular flexibility index (Phi) is 3.55. The Bertz CT molecular complexity index is 286. The fourth-order valence-electron chi connectivity index (χ4n) is 4.06. The molecule has 2 bridgehead atoms. The lowest BCUT2D eigenvalue weighted by Gasteiger charge is -2.28. The number of hydrogen-bond acceptors (Lipinski definition) is 1. The maximum Gasteiger partial charge on any atom is 0.166 e. The van der Waals surface area contributed by atoms with Crippen LogP contribution in [0.3, 0.4) is 0 Å². The molecule has 0 saturated heterocycles. The molecule has 0 unspecified atom stereocenters. The molecule has 0 heterocycles. The van der Waals surface area contributed by atoms with Crippen molar-refractivity contribution in [1.82, 2.24) is 10.6 Å². The summed E-state index contributed by atoms with van der Waals surface area (Å²) < 4.78 is 0. The summed E-state index contributed by atoms with van der Waals surface area (Å²) in [6.45, 7) is 0. The van der Waals surface area contributed by atoms with Crippen LogP contribution in [0.4, 0.5) is 0 Å². The van der Waals surface area contributed by atoms with Gasteiger partial charge in [0.05, 0.1) is 0 Å². The molecular formula is C14H24N2S. The number of thiocarbonyl (C=S) groups is 1. The van der Waals surface area contributed by atoms with E-state index in [4.69, 9.17) is 12.2 Å². The Hall–Kier alpha value is -0.310. The highest BCUT2D eigenvalue weighted by molar-refractivity contribution is 7.80. The number of hydrogen-bond donors (Lipinski definition) is 2. The van der Waals surface area contributed by atoms with Crippen LogP contribution in [0, 0.1) is 11.8 Å². The Morgan fingerprint density at radius 1 is 0.882 bits per heavy atom. The first-order valence-electron chi connectivity index (χ1n) is 7.38. The summed E-state index contributed by atoms with van der Waals surface area (Å²) >= 11 is 5.46. The van der Waals surface area contributed by atoms with E-state index in [9.17, 15) is 0 Å². The van der Waals surface area contributed by atoms with E-state index in [1.54, 1.807) is 0 Å². The molecule has 0 spiro atoms. The van der Waals surface area contributed by atoms with Gasteiger partial charge in [-0.05, 0) is 56.2 Å². The normalized spacial score (nSPS) is 37.1. The van der Waals surface area contributed by atoms with Gasteiger partial charge in [0.1, 0.15) is 0 Å². The average Bonchev–Trinajstić information content (AvgIpc) is 2.92. The zero-order valence-electron chi connectivity index (χ0n) is 10.6. The highest BCUT2D eigenvalue weighted by atomic mass is 32.1. The van der Waals surface area contributed by atoms with Gasteiger partial charge in [-0.1, -0.05) is 25.7 Å². The molecule has 0 aliphatic heterocycles. The van der Waals surface area contributed by atoms with Crippen LogP contribution in [0.15, 0.2) is 0 Å². The summed E-state index contributed by atoms with van der Waals surface area (Å²) in [4.78, 5) is 0. The second-order valence-electron chi connectivity index (χ2n) is 6.23. The molecule has 0 radical (unpaired) electrons. The number of rotatable bonds is 2. The molecule has 3 aliphatic rings. The molecule has 3 aliphatic carbocycles. The third kappa shape index (κ3) is 2.75.